The largest absolute Gasteiger partial charge is 1.00 e. The summed E-state index contributed by atoms with van der Waals surface area (Å²) in [7, 11) is 4.09. The topological polar surface area (TPSA) is 36.4 Å². The summed E-state index contributed by atoms with van der Waals surface area (Å²) in [6, 6.07) is 15.8. The highest BCUT2D eigenvalue weighted by atomic mass is 35.5. The molecule has 0 spiro atoms. The summed E-state index contributed by atoms with van der Waals surface area (Å²) in [4.78, 5) is 21.6. The zero-order valence-corrected chi connectivity index (χ0v) is 18.4. The molecule has 0 fully saturated rings. The zero-order valence-electron chi connectivity index (χ0n) is 16.1. The SMILES string of the molecule is CN(C)CCCN(C(=O)CCc1ccccc1)c1nc2ccc(Cl)cc2s1.[Cl-]. The Labute approximate surface area is 181 Å². The van der Waals surface area contributed by atoms with Gasteiger partial charge >= 0.3 is 0 Å². The van der Waals surface area contributed by atoms with Crippen molar-refractivity contribution in [2.75, 3.05) is 32.1 Å². The van der Waals surface area contributed by atoms with E-state index in [1.807, 2.05) is 55.4 Å². The Bertz CT molecular complexity index is 899. The van der Waals surface area contributed by atoms with Crippen LogP contribution in [0.4, 0.5) is 5.13 Å². The minimum Gasteiger partial charge on any atom is -1.00 e. The Balaban J connectivity index is 0.00000280. The van der Waals surface area contributed by atoms with Crippen LogP contribution in [0.25, 0.3) is 10.2 Å². The molecule has 1 heterocycles. The predicted molar refractivity (Wildman–Crippen MR) is 115 cm³/mol. The van der Waals surface area contributed by atoms with Crippen molar-refractivity contribution in [3.05, 3.63) is 59.1 Å². The van der Waals surface area contributed by atoms with Gasteiger partial charge in [-0.25, -0.2) is 4.98 Å². The number of nitrogens with zero attached hydrogens (tertiary/aromatic N) is 3. The first-order valence-electron chi connectivity index (χ1n) is 9.08. The fourth-order valence-corrected chi connectivity index (χ4v) is 4.19. The summed E-state index contributed by atoms with van der Waals surface area (Å²) in [5.74, 6) is 0.114. The van der Waals surface area contributed by atoms with Crippen LogP contribution in [0.5, 0.6) is 0 Å². The molecule has 150 valence electrons. The quantitative estimate of drug-likeness (QED) is 0.540. The fourth-order valence-electron chi connectivity index (χ4n) is 2.90. The molecule has 1 aromatic heterocycles. The lowest BCUT2D eigenvalue weighted by atomic mass is 10.1. The number of hydrogen-bond acceptors (Lipinski definition) is 4. The van der Waals surface area contributed by atoms with Gasteiger partial charge in [0.2, 0.25) is 5.91 Å². The molecule has 0 aliphatic rings. The molecule has 2 aromatic carbocycles. The first-order valence-corrected chi connectivity index (χ1v) is 10.3. The first kappa shape index (κ1) is 22.6. The standard InChI is InChI=1S/C21H24ClN3OS.ClH/c1-24(2)13-6-14-25(20(26)12-9-16-7-4-3-5-8-16)21-23-18-11-10-17(22)15-19(18)27-21;/h3-5,7-8,10-11,15H,6,9,12-14H2,1-2H3;1H/p-1. The smallest absolute Gasteiger partial charge is 0.229 e. The van der Waals surface area contributed by atoms with E-state index in [1.54, 1.807) is 0 Å². The van der Waals surface area contributed by atoms with Crippen molar-refractivity contribution in [3.63, 3.8) is 0 Å². The predicted octanol–water partition coefficient (Wildman–Crippen LogP) is 1.87. The van der Waals surface area contributed by atoms with Crippen LogP contribution in [0.3, 0.4) is 0 Å². The lowest BCUT2D eigenvalue weighted by Gasteiger charge is -2.21. The monoisotopic (exact) mass is 436 g/mol. The van der Waals surface area contributed by atoms with Gasteiger partial charge in [-0.1, -0.05) is 53.3 Å². The maximum atomic E-state index is 13.0. The van der Waals surface area contributed by atoms with E-state index in [1.165, 1.54) is 16.9 Å². The van der Waals surface area contributed by atoms with Crippen LogP contribution < -0.4 is 17.3 Å². The number of aryl methyl sites for hydroxylation is 1. The maximum absolute atomic E-state index is 13.0. The minimum absolute atomic E-state index is 0. The number of thiazole rings is 1. The van der Waals surface area contributed by atoms with Gasteiger partial charge < -0.3 is 17.3 Å². The van der Waals surface area contributed by atoms with Gasteiger partial charge in [0, 0.05) is 18.0 Å². The van der Waals surface area contributed by atoms with Crippen LogP contribution in [-0.4, -0.2) is 43.0 Å². The minimum atomic E-state index is 0. The Kier molecular flexibility index (Phi) is 8.70. The van der Waals surface area contributed by atoms with E-state index in [-0.39, 0.29) is 18.3 Å². The van der Waals surface area contributed by atoms with Crippen LogP contribution >= 0.6 is 22.9 Å². The number of halogens is 2. The fraction of sp³-hybridized carbons (Fsp3) is 0.333. The molecule has 0 aliphatic heterocycles. The summed E-state index contributed by atoms with van der Waals surface area (Å²) in [6.07, 6.45) is 2.12. The Hall–Kier alpha value is -1.66. The molecular weight excluding hydrogens is 413 g/mol. The summed E-state index contributed by atoms with van der Waals surface area (Å²) in [5, 5.41) is 1.44. The number of rotatable bonds is 8. The molecular formula is C21H24Cl2N3OS-. The van der Waals surface area contributed by atoms with E-state index < -0.39 is 0 Å². The van der Waals surface area contributed by atoms with Gasteiger partial charge in [-0.3, -0.25) is 9.69 Å². The molecule has 4 nitrogen and oxygen atoms in total. The molecule has 0 bridgehead atoms. The molecule has 0 saturated heterocycles. The van der Waals surface area contributed by atoms with Crippen molar-refractivity contribution >= 4 is 44.2 Å². The second-order valence-corrected chi connectivity index (χ2v) is 8.24. The molecule has 0 saturated carbocycles. The van der Waals surface area contributed by atoms with Crippen molar-refractivity contribution in [1.82, 2.24) is 9.88 Å². The highest BCUT2D eigenvalue weighted by Gasteiger charge is 2.19. The number of anilines is 1. The van der Waals surface area contributed by atoms with Gasteiger partial charge in [0.25, 0.3) is 0 Å². The van der Waals surface area contributed by atoms with Gasteiger partial charge in [0.1, 0.15) is 0 Å². The lowest BCUT2D eigenvalue weighted by Crippen LogP contribution is -3.00. The normalized spacial score (nSPS) is 10.9. The summed E-state index contributed by atoms with van der Waals surface area (Å²) in [6.45, 7) is 1.60. The van der Waals surface area contributed by atoms with Crippen LogP contribution in [0.1, 0.15) is 18.4 Å². The van der Waals surface area contributed by atoms with E-state index in [0.717, 1.165) is 34.7 Å². The van der Waals surface area contributed by atoms with Gasteiger partial charge in [0.15, 0.2) is 5.13 Å². The van der Waals surface area contributed by atoms with E-state index >= 15 is 0 Å². The molecule has 0 unspecified atom stereocenters. The highest BCUT2D eigenvalue weighted by Crippen LogP contribution is 2.31. The molecule has 1 amide bonds. The van der Waals surface area contributed by atoms with E-state index in [4.69, 9.17) is 11.6 Å². The van der Waals surface area contributed by atoms with Gasteiger partial charge in [-0.2, -0.15) is 0 Å². The number of carbonyl (C=O) groups is 1. The number of amides is 1. The molecule has 7 heteroatoms. The lowest BCUT2D eigenvalue weighted by molar-refractivity contribution is -0.118. The van der Waals surface area contributed by atoms with Crippen molar-refractivity contribution in [1.29, 1.82) is 0 Å². The van der Waals surface area contributed by atoms with Gasteiger partial charge in [0.05, 0.1) is 10.2 Å². The molecule has 0 N–H and O–H groups in total. The Morgan fingerprint density at radius 3 is 2.57 bits per heavy atom. The maximum Gasteiger partial charge on any atom is 0.229 e. The second-order valence-electron chi connectivity index (χ2n) is 6.80. The third-order valence-electron chi connectivity index (χ3n) is 4.33. The van der Waals surface area contributed by atoms with Crippen molar-refractivity contribution in [2.24, 2.45) is 0 Å². The van der Waals surface area contributed by atoms with Gasteiger partial charge in [-0.05, 0) is 57.2 Å². The van der Waals surface area contributed by atoms with E-state index in [9.17, 15) is 4.79 Å². The van der Waals surface area contributed by atoms with Crippen LogP contribution in [-0.2, 0) is 11.2 Å². The molecule has 3 aromatic rings. The molecule has 28 heavy (non-hydrogen) atoms. The van der Waals surface area contributed by atoms with Crippen LogP contribution in [0.15, 0.2) is 48.5 Å². The van der Waals surface area contributed by atoms with Crippen molar-refractivity contribution < 1.29 is 17.2 Å². The average molecular weight is 437 g/mol. The Morgan fingerprint density at radius 1 is 1.11 bits per heavy atom. The van der Waals surface area contributed by atoms with Crippen LogP contribution in [0, 0.1) is 0 Å². The van der Waals surface area contributed by atoms with E-state index in [2.05, 4.69) is 22.0 Å². The number of fused-ring (bicyclic) bond motifs is 1. The van der Waals surface area contributed by atoms with E-state index in [0.29, 0.717) is 18.0 Å². The van der Waals surface area contributed by atoms with Crippen molar-refractivity contribution in [2.45, 2.75) is 19.3 Å². The highest BCUT2D eigenvalue weighted by molar-refractivity contribution is 7.22. The van der Waals surface area contributed by atoms with Gasteiger partial charge in [-0.15, -0.1) is 0 Å². The number of aromatic nitrogens is 1. The first-order chi connectivity index (χ1) is 13.0. The van der Waals surface area contributed by atoms with Crippen LogP contribution in [0.2, 0.25) is 5.02 Å². The summed E-state index contributed by atoms with van der Waals surface area (Å²) < 4.78 is 1.01. The third kappa shape index (κ3) is 6.17. The number of benzene rings is 2. The number of carbonyl (C=O) groups excluding carboxylic acids is 1. The average Bonchev–Trinajstić information content (AvgIpc) is 3.06. The molecule has 0 atom stereocenters. The molecule has 3 rings (SSSR count). The summed E-state index contributed by atoms with van der Waals surface area (Å²) >= 11 is 7.62. The number of hydrogen-bond donors (Lipinski definition) is 0. The second kappa shape index (κ2) is 10.8. The molecule has 0 aliphatic carbocycles. The third-order valence-corrected chi connectivity index (χ3v) is 5.60. The summed E-state index contributed by atoms with van der Waals surface area (Å²) in [5.41, 5.74) is 2.06. The molecule has 0 radical (unpaired) electrons. The zero-order chi connectivity index (χ0) is 19.2. The van der Waals surface area contributed by atoms with Crippen molar-refractivity contribution in [3.8, 4) is 0 Å². The Morgan fingerprint density at radius 2 is 1.86 bits per heavy atom.